The van der Waals surface area contributed by atoms with Gasteiger partial charge in [-0.3, -0.25) is 0 Å². The van der Waals surface area contributed by atoms with Crippen molar-refractivity contribution in [3.05, 3.63) is 0 Å². The molecule has 1 fully saturated rings. The smallest absolute Gasteiger partial charge is 0.0630 e. The predicted molar refractivity (Wildman–Crippen MR) is 57.0 cm³/mol. The van der Waals surface area contributed by atoms with Gasteiger partial charge < -0.3 is 15.6 Å². The lowest BCUT2D eigenvalue weighted by atomic mass is 9.85. The Kier molecular flexibility index (Phi) is 5.45. The fourth-order valence-electron chi connectivity index (χ4n) is 2.22. The highest BCUT2D eigenvalue weighted by Crippen LogP contribution is 2.24. The Morgan fingerprint density at radius 3 is 2.86 bits per heavy atom. The zero-order valence-electron chi connectivity index (χ0n) is 9.11. The number of rotatable bonds is 5. The molecule has 0 aromatic carbocycles. The summed E-state index contributed by atoms with van der Waals surface area (Å²) < 4.78 is 5.38. The molecule has 0 radical (unpaired) electrons. The first kappa shape index (κ1) is 12.0. The van der Waals surface area contributed by atoms with Gasteiger partial charge in [0, 0.05) is 12.5 Å². The van der Waals surface area contributed by atoms with Gasteiger partial charge in [-0.05, 0) is 31.7 Å². The van der Waals surface area contributed by atoms with Crippen molar-refractivity contribution in [3.8, 4) is 0 Å². The third-order valence-electron chi connectivity index (χ3n) is 3.12. The molecule has 0 aromatic heterocycles. The molecule has 14 heavy (non-hydrogen) atoms. The van der Waals surface area contributed by atoms with Crippen molar-refractivity contribution in [1.82, 2.24) is 0 Å². The number of aliphatic hydroxyl groups excluding tert-OH is 1. The highest BCUT2D eigenvalue weighted by molar-refractivity contribution is 4.78. The molecule has 1 rings (SSSR count). The predicted octanol–water partition coefficient (Wildman–Crippen LogP) is 1.15. The maximum atomic E-state index is 10.1. The molecule has 84 valence electrons. The Bertz CT molecular complexity index is 141. The molecule has 1 aliphatic heterocycles. The topological polar surface area (TPSA) is 55.5 Å². The molecule has 0 amide bonds. The van der Waals surface area contributed by atoms with E-state index < -0.39 is 0 Å². The van der Waals surface area contributed by atoms with Crippen LogP contribution in [0, 0.1) is 11.8 Å². The molecule has 1 heterocycles. The van der Waals surface area contributed by atoms with Crippen LogP contribution in [-0.2, 0) is 4.74 Å². The molecule has 3 N–H and O–H groups in total. The van der Waals surface area contributed by atoms with Crippen LogP contribution in [0.2, 0.25) is 0 Å². The van der Waals surface area contributed by atoms with Gasteiger partial charge in [-0.25, -0.2) is 0 Å². The quantitative estimate of drug-likeness (QED) is 0.701. The minimum atomic E-state index is -0.264. The summed E-state index contributed by atoms with van der Waals surface area (Å²) in [7, 11) is 0. The molecule has 0 bridgehead atoms. The first-order chi connectivity index (χ1) is 6.79. The summed E-state index contributed by atoms with van der Waals surface area (Å²) in [4.78, 5) is 0. The molecular weight excluding hydrogens is 178 g/mol. The molecule has 1 aliphatic rings. The van der Waals surface area contributed by atoms with Crippen molar-refractivity contribution in [2.45, 2.75) is 38.7 Å². The second-order valence-electron chi connectivity index (χ2n) is 4.25. The van der Waals surface area contributed by atoms with E-state index in [1.807, 2.05) is 0 Å². The summed E-state index contributed by atoms with van der Waals surface area (Å²) in [5.74, 6) is 0.565. The molecule has 3 atom stereocenters. The summed E-state index contributed by atoms with van der Waals surface area (Å²) >= 11 is 0. The van der Waals surface area contributed by atoms with E-state index in [1.54, 1.807) is 0 Å². The van der Waals surface area contributed by atoms with Gasteiger partial charge in [-0.1, -0.05) is 13.3 Å². The van der Waals surface area contributed by atoms with Crippen LogP contribution in [0.1, 0.15) is 32.6 Å². The molecule has 0 aromatic rings. The normalized spacial score (nSPS) is 27.2. The van der Waals surface area contributed by atoms with Crippen molar-refractivity contribution in [2.24, 2.45) is 17.6 Å². The van der Waals surface area contributed by atoms with Crippen LogP contribution >= 0.6 is 0 Å². The minimum absolute atomic E-state index is 0.256. The molecule has 0 aliphatic carbocycles. The number of hydrogen-bond acceptors (Lipinski definition) is 3. The SMILES string of the molecule is CCCC(CN)C(O)C1CCCOC1. The highest BCUT2D eigenvalue weighted by atomic mass is 16.5. The van der Waals surface area contributed by atoms with Crippen LogP contribution in [0.4, 0.5) is 0 Å². The van der Waals surface area contributed by atoms with Gasteiger partial charge in [0.2, 0.25) is 0 Å². The van der Waals surface area contributed by atoms with E-state index in [0.717, 1.165) is 32.3 Å². The second kappa shape index (κ2) is 6.38. The Hall–Kier alpha value is -0.120. The van der Waals surface area contributed by atoms with E-state index in [2.05, 4.69) is 6.92 Å². The van der Waals surface area contributed by atoms with Crippen molar-refractivity contribution < 1.29 is 9.84 Å². The van der Waals surface area contributed by atoms with Gasteiger partial charge in [0.25, 0.3) is 0 Å². The van der Waals surface area contributed by atoms with E-state index >= 15 is 0 Å². The summed E-state index contributed by atoms with van der Waals surface area (Å²) in [6.45, 7) is 4.28. The zero-order valence-corrected chi connectivity index (χ0v) is 9.11. The summed E-state index contributed by atoms with van der Waals surface area (Å²) in [6, 6.07) is 0. The summed E-state index contributed by atoms with van der Waals surface area (Å²) in [5, 5.41) is 10.1. The third kappa shape index (κ3) is 3.23. The summed E-state index contributed by atoms with van der Waals surface area (Å²) in [6.07, 6.45) is 4.01. The Balaban J connectivity index is 2.38. The van der Waals surface area contributed by atoms with E-state index in [9.17, 15) is 5.11 Å². The van der Waals surface area contributed by atoms with Crippen LogP contribution < -0.4 is 5.73 Å². The van der Waals surface area contributed by atoms with Crippen molar-refractivity contribution in [1.29, 1.82) is 0 Å². The lowest BCUT2D eigenvalue weighted by molar-refractivity contribution is -0.0329. The van der Waals surface area contributed by atoms with E-state index in [1.165, 1.54) is 0 Å². The Morgan fingerprint density at radius 2 is 2.36 bits per heavy atom. The molecule has 0 saturated carbocycles. The first-order valence-electron chi connectivity index (χ1n) is 5.75. The van der Waals surface area contributed by atoms with Gasteiger partial charge in [0.15, 0.2) is 0 Å². The van der Waals surface area contributed by atoms with Crippen LogP contribution in [0.3, 0.4) is 0 Å². The van der Waals surface area contributed by atoms with Crippen LogP contribution in [0.15, 0.2) is 0 Å². The molecule has 3 nitrogen and oxygen atoms in total. The number of aliphatic hydroxyl groups is 1. The van der Waals surface area contributed by atoms with Gasteiger partial charge in [0.05, 0.1) is 12.7 Å². The highest BCUT2D eigenvalue weighted by Gasteiger charge is 2.27. The van der Waals surface area contributed by atoms with Gasteiger partial charge >= 0.3 is 0 Å². The third-order valence-corrected chi connectivity index (χ3v) is 3.12. The van der Waals surface area contributed by atoms with E-state index in [4.69, 9.17) is 10.5 Å². The van der Waals surface area contributed by atoms with Crippen molar-refractivity contribution in [3.63, 3.8) is 0 Å². The van der Waals surface area contributed by atoms with Gasteiger partial charge in [-0.15, -0.1) is 0 Å². The lowest BCUT2D eigenvalue weighted by Crippen LogP contribution is -2.38. The van der Waals surface area contributed by atoms with Gasteiger partial charge in [-0.2, -0.15) is 0 Å². The minimum Gasteiger partial charge on any atom is -0.392 e. The molecule has 1 saturated heterocycles. The largest absolute Gasteiger partial charge is 0.392 e. The monoisotopic (exact) mass is 201 g/mol. The first-order valence-corrected chi connectivity index (χ1v) is 5.75. The lowest BCUT2D eigenvalue weighted by Gasteiger charge is -2.31. The second-order valence-corrected chi connectivity index (χ2v) is 4.25. The van der Waals surface area contributed by atoms with E-state index in [-0.39, 0.29) is 12.0 Å². The van der Waals surface area contributed by atoms with Crippen LogP contribution in [-0.4, -0.2) is 31.0 Å². The summed E-state index contributed by atoms with van der Waals surface area (Å²) in [5.41, 5.74) is 5.67. The number of nitrogens with two attached hydrogens (primary N) is 1. The van der Waals surface area contributed by atoms with Crippen molar-refractivity contribution >= 4 is 0 Å². The van der Waals surface area contributed by atoms with Crippen LogP contribution in [0.5, 0.6) is 0 Å². The maximum absolute atomic E-state index is 10.1. The average Bonchev–Trinajstić information content (AvgIpc) is 2.26. The van der Waals surface area contributed by atoms with E-state index in [0.29, 0.717) is 19.1 Å². The number of hydrogen-bond donors (Lipinski definition) is 2. The fraction of sp³-hybridized carbons (Fsp3) is 1.00. The molecule has 3 heteroatoms. The average molecular weight is 201 g/mol. The van der Waals surface area contributed by atoms with Gasteiger partial charge in [0.1, 0.15) is 0 Å². The Labute approximate surface area is 86.6 Å². The zero-order chi connectivity index (χ0) is 10.4. The maximum Gasteiger partial charge on any atom is 0.0630 e. The Morgan fingerprint density at radius 1 is 1.57 bits per heavy atom. The molecule has 0 spiro atoms. The molecule has 3 unspecified atom stereocenters. The standard InChI is InChI=1S/C11H23NO2/c1-2-4-9(7-12)11(13)10-5-3-6-14-8-10/h9-11,13H,2-8,12H2,1H3. The van der Waals surface area contributed by atoms with Crippen molar-refractivity contribution in [2.75, 3.05) is 19.8 Å². The molecular formula is C11H23NO2. The van der Waals surface area contributed by atoms with Crippen LogP contribution in [0.25, 0.3) is 0 Å². The number of ether oxygens (including phenoxy) is 1. The fourth-order valence-corrected chi connectivity index (χ4v) is 2.22.